The SMILES string of the molecule is Cn1cc(-c2nc3ncc(Cl)c(N[C@H]4[C@@H](C(N)=O)[C@@H]5CC[C@H]4O5)c3[nH]2)cn1. The quantitative estimate of drug-likeness (QED) is 0.622. The van der Waals surface area contributed by atoms with E-state index >= 15 is 0 Å². The van der Waals surface area contributed by atoms with Gasteiger partial charge in [-0.2, -0.15) is 5.10 Å². The predicted molar refractivity (Wildman–Crippen MR) is 99.1 cm³/mol. The van der Waals surface area contributed by atoms with Gasteiger partial charge in [0.1, 0.15) is 11.3 Å². The number of aromatic amines is 1. The number of hydrogen-bond donors (Lipinski definition) is 3. The van der Waals surface area contributed by atoms with Crippen molar-refractivity contribution in [2.45, 2.75) is 31.1 Å². The summed E-state index contributed by atoms with van der Waals surface area (Å²) in [4.78, 5) is 24.1. The third-order valence-electron chi connectivity index (χ3n) is 5.36. The van der Waals surface area contributed by atoms with Gasteiger partial charge in [0.15, 0.2) is 5.65 Å². The van der Waals surface area contributed by atoms with Crippen LogP contribution in [0.2, 0.25) is 5.02 Å². The Morgan fingerprint density at radius 1 is 1.41 bits per heavy atom. The van der Waals surface area contributed by atoms with Gasteiger partial charge >= 0.3 is 0 Å². The van der Waals surface area contributed by atoms with E-state index in [1.165, 1.54) is 0 Å². The second-order valence-electron chi connectivity index (χ2n) is 7.06. The van der Waals surface area contributed by atoms with Crippen LogP contribution in [-0.4, -0.2) is 48.9 Å². The number of anilines is 1. The zero-order valence-electron chi connectivity index (χ0n) is 14.5. The summed E-state index contributed by atoms with van der Waals surface area (Å²) in [5.74, 6) is -0.0999. The zero-order valence-corrected chi connectivity index (χ0v) is 15.3. The molecule has 5 rings (SSSR count). The van der Waals surface area contributed by atoms with Crippen molar-refractivity contribution in [2.24, 2.45) is 18.7 Å². The molecule has 2 fully saturated rings. The maximum absolute atomic E-state index is 12.0. The van der Waals surface area contributed by atoms with E-state index < -0.39 is 0 Å². The van der Waals surface area contributed by atoms with E-state index in [4.69, 9.17) is 22.1 Å². The van der Waals surface area contributed by atoms with Gasteiger partial charge in [0.05, 0.1) is 52.8 Å². The molecule has 0 aromatic carbocycles. The Morgan fingerprint density at radius 2 is 2.22 bits per heavy atom. The normalized spacial score (nSPS) is 26.7. The fraction of sp³-hybridized carbons (Fsp3) is 0.412. The first kappa shape index (κ1) is 16.5. The number of hydrogen-bond acceptors (Lipinski definition) is 6. The van der Waals surface area contributed by atoms with E-state index in [1.807, 2.05) is 13.2 Å². The van der Waals surface area contributed by atoms with Gasteiger partial charge in [-0.05, 0) is 12.8 Å². The Labute approximate surface area is 159 Å². The first-order chi connectivity index (χ1) is 13.0. The molecule has 10 heteroatoms. The molecule has 2 aliphatic heterocycles. The summed E-state index contributed by atoms with van der Waals surface area (Å²) in [7, 11) is 1.84. The monoisotopic (exact) mass is 387 g/mol. The van der Waals surface area contributed by atoms with Gasteiger partial charge in [0.2, 0.25) is 5.91 Å². The summed E-state index contributed by atoms with van der Waals surface area (Å²) in [6.07, 6.45) is 6.68. The van der Waals surface area contributed by atoms with Crippen molar-refractivity contribution in [1.82, 2.24) is 24.7 Å². The number of carbonyl (C=O) groups is 1. The number of rotatable bonds is 4. The maximum Gasteiger partial charge on any atom is 0.225 e. The molecule has 5 heterocycles. The molecule has 0 unspecified atom stereocenters. The number of nitrogens with two attached hydrogens (primary N) is 1. The molecule has 0 spiro atoms. The van der Waals surface area contributed by atoms with Crippen molar-refractivity contribution < 1.29 is 9.53 Å². The number of fused-ring (bicyclic) bond motifs is 3. The fourth-order valence-electron chi connectivity index (χ4n) is 4.14. The molecule has 9 nitrogen and oxygen atoms in total. The minimum Gasteiger partial charge on any atom is -0.376 e. The van der Waals surface area contributed by atoms with Crippen LogP contribution in [0.15, 0.2) is 18.6 Å². The number of nitrogens with zero attached hydrogens (tertiary/aromatic N) is 4. The molecule has 27 heavy (non-hydrogen) atoms. The molecule has 2 aliphatic rings. The summed E-state index contributed by atoms with van der Waals surface area (Å²) in [6, 6.07) is -0.227. The number of nitrogens with one attached hydrogen (secondary N) is 2. The standard InChI is InChI=1S/C17H18ClN7O2/c1-25-6-7(4-21-25)16-23-14-12(8(18)5-20-17(14)24-16)22-13-10-3-2-9(27-10)11(13)15(19)26/h4-6,9-11,13H,2-3H2,1H3,(H2,19,26)(H2,20,22,23,24)/t9-,10+,11-,13+/m0/s1. The number of carbonyl (C=O) groups excluding carboxylic acids is 1. The van der Waals surface area contributed by atoms with Gasteiger partial charge in [-0.25, -0.2) is 9.97 Å². The van der Waals surface area contributed by atoms with Crippen LogP contribution < -0.4 is 11.1 Å². The molecule has 2 saturated heterocycles. The number of primary amides is 1. The van der Waals surface area contributed by atoms with E-state index in [9.17, 15) is 4.79 Å². The van der Waals surface area contributed by atoms with E-state index in [1.54, 1.807) is 17.1 Å². The number of ether oxygens (including phenoxy) is 1. The number of amides is 1. The molecule has 0 radical (unpaired) electrons. The largest absolute Gasteiger partial charge is 0.376 e. The fourth-order valence-corrected chi connectivity index (χ4v) is 4.34. The van der Waals surface area contributed by atoms with Crippen LogP contribution in [-0.2, 0) is 16.6 Å². The average Bonchev–Trinajstić information content (AvgIpc) is 3.39. The van der Waals surface area contributed by atoms with Crippen molar-refractivity contribution in [3.63, 3.8) is 0 Å². The van der Waals surface area contributed by atoms with Crippen LogP contribution in [0.3, 0.4) is 0 Å². The lowest BCUT2D eigenvalue weighted by Gasteiger charge is -2.27. The van der Waals surface area contributed by atoms with Gasteiger partial charge in [-0.15, -0.1) is 0 Å². The minimum absolute atomic E-state index is 0.0625. The lowest BCUT2D eigenvalue weighted by molar-refractivity contribution is -0.123. The highest BCUT2D eigenvalue weighted by Crippen LogP contribution is 2.42. The number of halogens is 1. The number of H-pyrrole nitrogens is 1. The molecule has 4 atom stereocenters. The smallest absolute Gasteiger partial charge is 0.225 e. The Bertz CT molecular complexity index is 1050. The van der Waals surface area contributed by atoms with E-state index in [0.29, 0.717) is 27.7 Å². The maximum atomic E-state index is 12.0. The van der Waals surface area contributed by atoms with Crippen LogP contribution >= 0.6 is 11.6 Å². The number of imidazole rings is 1. The Balaban J connectivity index is 1.55. The molecule has 2 bridgehead atoms. The van der Waals surface area contributed by atoms with Crippen LogP contribution in [0.1, 0.15) is 12.8 Å². The predicted octanol–water partition coefficient (Wildman–Crippen LogP) is 1.45. The summed E-state index contributed by atoms with van der Waals surface area (Å²) < 4.78 is 7.60. The minimum atomic E-state index is -0.385. The number of pyridine rings is 1. The Kier molecular flexibility index (Phi) is 3.63. The molecule has 0 saturated carbocycles. The lowest BCUT2D eigenvalue weighted by atomic mass is 9.84. The second kappa shape index (κ2) is 5.93. The number of aromatic nitrogens is 5. The van der Waals surface area contributed by atoms with Crippen LogP contribution in [0, 0.1) is 5.92 Å². The summed E-state index contributed by atoms with van der Waals surface area (Å²) in [6.45, 7) is 0. The van der Waals surface area contributed by atoms with E-state index in [-0.39, 0.29) is 30.1 Å². The first-order valence-electron chi connectivity index (χ1n) is 8.76. The average molecular weight is 388 g/mol. The van der Waals surface area contributed by atoms with Gasteiger partial charge in [-0.1, -0.05) is 11.6 Å². The first-order valence-corrected chi connectivity index (χ1v) is 9.13. The van der Waals surface area contributed by atoms with Crippen molar-refractivity contribution in [3.8, 4) is 11.4 Å². The van der Waals surface area contributed by atoms with Crippen molar-refractivity contribution in [3.05, 3.63) is 23.6 Å². The Hall–Kier alpha value is -2.65. The second-order valence-corrected chi connectivity index (χ2v) is 7.46. The highest BCUT2D eigenvalue weighted by Gasteiger charge is 2.52. The van der Waals surface area contributed by atoms with Gasteiger partial charge < -0.3 is 20.8 Å². The summed E-state index contributed by atoms with van der Waals surface area (Å²) in [5, 5.41) is 8.00. The molecular formula is C17H18ClN7O2. The molecular weight excluding hydrogens is 370 g/mol. The van der Waals surface area contributed by atoms with Gasteiger partial charge in [-0.3, -0.25) is 9.48 Å². The zero-order chi connectivity index (χ0) is 18.7. The van der Waals surface area contributed by atoms with E-state index in [0.717, 1.165) is 18.4 Å². The molecule has 0 aliphatic carbocycles. The van der Waals surface area contributed by atoms with E-state index in [2.05, 4.69) is 25.4 Å². The van der Waals surface area contributed by atoms with Crippen molar-refractivity contribution >= 4 is 34.4 Å². The molecule has 1 amide bonds. The molecule has 4 N–H and O–H groups in total. The lowest BCUT2D eigenvalue weighted by Crippen LogP contribution is -2.45. The van der Waals surface area contributed by atoms with Gasteiger partial charge in [0.25, 0.3) is 0 Å². The van der Waals surface area contributed by atoms with Gasteiger partial charge in [0, 0.05) is 13.2 Å². The third-order valence-corrected chi connectivity index (χ3v) is 5.65. The van der Waals surface area contributed by atoms with Crippen molar-refractivity contribution in [1.29, 1.82) is 0 Å². The molecule has 140 valence electrons. The molecule has 3 aromatic rings. The van der Waals surface area contributed by atoms with Crippen LogP contribution in [0.25, 0.3) is 22.6 Å². The highest BCUT2D eigenvalue weighted by atomic mass is 35.5. The Morgan fingerprint density at radius 3 is 2.96 bits per heavy atom. The third kappa shape index (κ3) is 2.57. The van der Waals surface area contributed by atoms with Crippen LogP contribution in [0.4, 0.5) is 5.69 Å². The topological polar surface area (TPSA) is 124 Å². The molecule has 3 aromatic heterocycles. The van der Waals surface area contributed by atoms with Crippen LogP contribution in [0.5, 0.6) is 0 Å². The summed E-state index contributed by atoms with van der Waals surface area (Å²) in [5.41, 5.74) is 8.32. The highest BCUT2D eigenvalue weighted by molar-refractivity contribution is 6.34. The number of aryl methyl sites for hydroxylation is 1. The summed E-state index contributed by atoms with van der Waals surface area (Å²) >= 11 is 6.42. The van der Waals surface area contributed by atoms with Crippen molar-refractivity contribution in [2.75, 3.05) is 5.32 Å².